The van der Waals surface area contributed by atoms with E-state index in [0.29, 0.717) is 11.4 Å². The highest BCUT2D eigenvalue weighted by Gasteiger charge is 2.16. The van der Waals surface area contributed by atoms with Crippen molar-refractivity contribution in [1.29, 1.82) is 0 Å². The molecule has 2 aromatic carbocycles. The number of furan rings is 1. The fraction of sp³-hybridized carbons (Fsp3) is 0.0556. The molecule has 0 aliphatic rings. The first-order valence-electron chi connectivity index (χ1n) is 7.03. The Kier molecular flexibility index (Phi) is 2.60. The van der Waals surface area contributed by atoms with Crippen molar-refractivity contribution in [3.8, 4) is 0 Å². The number of aryl methyl sites for hydroxylation is 1. The van der Waals surface area contributed by atoms with Gasteiger partial charge in [0.05, 0.1) is 5.52 Å². The number of carbonyl (C=O) groups is 1. The van der Waals surface area contributed by atoms with Gasteiger partial charge in [-0.1, -0.05) is 12.1 Å². The molecule has 0 spiro atoms. The first-order valence-corrected chi connectivity index (χ1v) is 7.03. The summed E-state index contributed by atoms with van der Waals surface area (Å²) in [5, 5.41) is 1.86. The highest BCUT2D eigenvalue weighted by Crippen LogP contribution is 2.24. The maximum atomic E-state index is 12.7. The first-order chi connectivity index (χ1) is 10.6. The summed E-state index contributed by atoms with van der Waals surface area (Å²) in [6.45, 7) is 1.99. The molecule has 0 aliphatic carbocycles. The number of fused-ring (bicyclic) bond motifs is 2. The molecule has 0 unspecified atom stereocenters. The van der Waals surface area contributed by atoms with Gasteiger partial charge in [0, 0.05) is 22.7 Å². The third-order valence-electron chi connectivity index (χ3n) is 3.82. The third-order valence-corrected chi connectivity index (χ3v) is 3.82. The van der Waals surface area contributed by atoms with E-state index in [1.54, 1.807) is 22.9 Å². The van der Waals surface area contributed by atoms with Gasteiger partial charge in [0.1, 0.15) is 5.58 Å². The minimum absolute atomic E-state index is 0.186. The molecule has 0 radical (unpaired) electrons. The van der Waals surface area contributed by atoms with Gasteiger partial charge in [-0.25, -0.2) is 0 Å². The lowest BCUT2D eigenvalue weighted by atomic mass is 10.2. The number of benzene rings is 2. The van der Waals surface area contributed by atoms with Gasteiger partial charge < -0.3 is 10.2 Å². The van der Waals surface area contributed by atoms with Gasteiger partial charge in [0.2, 0.25) is 0 Å². The van der Waals surface area contributed by atoms with Crippen molar-refractivity contribution in [2.75, 3.05) is 5.73 Å². The van der Waals surface area contributed by atoms with Crippen LogP contribution in [0.5, 0.6) is 0 Å². The molecule has 108 valence electrons. The Morgan fingerprint density at radius 3 is 2.77 bits per heavy atom. The highest BCUT2D eigenvalue weighted by molar-refractivity contribution is 6.03. The van der Waals surface area contributed by atoms with Crippen LogP contribution >= 0.6 is 0 Å². The number of aromatic nitrogens is 1. The van der Waals surface area contributed by atoms with E-state index in [-0.39, 0.29) is 5.91 Å². The molecule has 2 N–H and O–H groups in total. The number of nitrogens with zero attached hydrogens (tertiary/aromatic N) is 1. The standard InChI is InChI=1S/C18H14N2O2/c1-11-2-3-13-10-17(22-16(13)8-11)18(21)20-7-6-12-9-14(19)4-5-15(12)20/h2-10H,19H2,1H3. The van der Waals surface area contributed by atoms with Crippen LogP contribution in [0.1, 0.15) is 16.1 Å². The Hall–Kier alpha value is -3.01. The maximum Gasteiger partial charge on any atom is 0.298 e. The Bertz CT molecular complexity index is 1020. The van der Waals surface area contributed by atoms with Crippen LogP contribution in [0.2, 0.25) is 0 Å². The lowest BCUT2D eigenvalue weighted by molar-refractivity contribution is 0.0940. The first kappa shape index (κ1) is 12.7. The zero-order chi connectivity index (χ0) is 15.3. The molecule has 0 saturated carbocycles. The maximum absolute atomic E-state index is 12.7. The molecule has 4 aromatic rings. The summed E-state index contributed by atoms with van der Waals surface area (Å²) in [5.74, 6) is 0.142. The van der Waals surface area contributed by atoms with E-state index in [1.807, 2.05) is 43.3 Å². The fourth-order valence-electron chi connectivity index (χ4n) is 2.70. The van der Waals surface area contributed by atoms with Crippen LogP contribution in [0.25, 0.3) is 21.9 Å². The summed E-state index contributed by atoms with van der Waals surface area (Å²) in [6.07, 6.45) is 1.74. The van der Waals surface area contributed by atoms with E-state index < -0.39 is 0 Å². The Balaban J connectivity index is 1.84. The van der Waals surface area contributed by atoms with E-state index in [9.17, 15) is 4.79 Å². The van der Waals surface area contributed by atoms with E-state index >= 15 is 0 Å². The minimum atomic E-state index is -0.186. The molecule has 22 heavy (non-hydrogen) atoms. The zero-order valence-electron chi connectivity index (χ0n) is 12.0. The fourth-order valence-corrected chi connectivity index (χ4v) is 2.70. The average Bonchev–Trinajstić information content (AvgIpc) is 3.09. The Morgan fingerprint density at radius 1 is 1.05 bits per heavy atom. The van der Waals surface area contributed by atoms with Crippen LogP contribution in [-0.4, -0.2) is 10.5 Å². The van der Waals surface area contributed by atoms with Crippen LogP contribution < -0.4 is 5.73 Å². The van der Waals surface area contributed by atoms with Crippen molar-refractivity contribution < 1.29 is 9.21 Å². The normalized spacial score (nSPS) is 11.3. The van der Waals surface area contributed by atoms with Crippen molar-refractivity contribution in [3.05, 3.63) is 66.1 Å². The monoisotopic (exact) mass is 290 g/mol. The SMILES string of the molecule is Cc1ccc2cc(C(=O)n3ccc4cc(N)ccc43)oc2c1. The van der Waals surface area contributed by atoms with Crippen LogP contribution in [-0.2, 0) is 0 Å². The summed E-state index contributed by atoms with van der Waals surface area (Å²) >= 11 is 0. The summed E-state index contributed by atoms with van der Waals surface area (Å²) in [4.78, 5) is 12.7. The van der Waals surface area contributed by atoms with Crippen LogP contribution in [0.4, 0.5) is 5.69 Å². The lowest BCUT2D eigenvalue weighted by Gasteiger charge is -2.01. The van der Waals surface area contributed by atoms with Gasteiger partial charge >= 0.3 is 0 Å². The molecular weight excluding hydrogens is 276 g/mol. The van der Waals surface area contributed by atoms with Crippen LogP contribution in [0, 0.1) is 6.92 Å². The van der Waals surface area contributed by atoms with Crippen molar-refractivity contribution in [2.24, 2.45) is 0 Å². The number of rotatable bonds is 1. The molecule has 4 heteroatoms. The van der Waals surface area contributed by atoms with E-state index in [2.05, 4.69) is 0 Å². The minimum Gasteiger partial charge on any atom is -0.451 e. The molecule has 0 bridgehead atoms. The lowest BCUT2D eigenvalue weighted by Crippen LogP contribution is -2.09. The number of carbonyl (C=O) groups excluding carboxylic acids is 1. The van der Waals surface area contributed by atoms with E-state index in [4.69, 9.17) is 10.2 Å². The van der Waals surface area contributed by atoms with Crippen molar-refractivity contribution in [3.63, 3.8) is 0 Å². The predicted octanol–water partition coefficient (Wildman–Crippen LogP) is 3.97. The molecule has 0 fully saturated rings. The van der Waals surface area contributed by atoms with E-state index in [1.165, 1.54) is 0 Å². The van der Waals surface area contributed by atoms with Gasteiger partial charge in [-0.3, -0.25) is 9.36 Å². The molecule has 0 amide bonds. The number of hydrogen-bond acceptors (Lipinski definition) is 3. The van der Waals surface area contributed by atoms with Gasteiger partial charge in [-0.15, -0.1) is 0 Å². The van der Waals surface area contributed by atoms with Crippen LogP contribution in [0.3, 0.4) is 0 Å². The summed E-state index contributed by atoms with van der Waals surface area (Å²) in [7, 11) is 0. The molecule has 4 rings (SSSR count). The second kappa shape index (κ2) is 4.49. The van der Waals surface area contributed by atoms with E-state index in [0.717, 1.165) is 27.4 Å². The van der Waals surface area contributed by atoms with Gasteiger partial charge in [0.15, 0.2) is 5.76 Å². The molecule has 0 aliphatic heterocycles. The Labute approximate surface area is 126 Å². The number of anilines is 1. The predicted molar refractivity (Wildman–Crippen MR) is 87.0 cm³/mol. The number of nitrogen functional groups attached to an aromatic ring is 1. The molecule has 4 nitrogen and oxygen atoms in total. The number of nitrogens with two attached hydrogens (primary N) is 1. The third kappa shape index (κ3) is 1.89. The second-order valence-electron chi connectivity index (χ2n) is 5.46. The van der Waals surface area contributed by atoms with Gasteiger partial charge in [-0.05, 0) is 48.9 Å². The summed E-state index contributed by atoms with van der Waals surface area (Å²) in [6, 6.07) is 15.0. The largest absolute Gasteiger partial charge is 0.451 e. The van der Waals surface area contributed by atoms with Gasteiger partial charge in [0.25, 0.3) is 5.91 Å². The molecular formula is C18H14N2O2. The summed E-state index contributed by atoms with van der Waals surface area (Å²) < 4.78 is 7.29. The average molecular weight is 290 g/mol. The van der Waals surface area contributed by atoms with Crippen molar-refractivity contribution >= 4 is 33.5 Å². The van der Waals surface area contributed by atoms with Crippen molar-refractivity contribution in [2.45, 2.75) is 6.92 Å². The Morgan fingerprint density at radius 2 is 1.91 bits per heavy atom. The quantitative estimate of drug-likeness (QED) is 0.540. The topological polar surface area (TPSA) is 61.2 Å². The highest BCUT2D eigenvalue weighted by atomic mass is 16.3. The van der Waals surface area contributed by atoms with Gasteiger partial charge in [-0.2, -0.15) is 0 Å². The zero-order valence-corrected chi connectivity index (χ0v) is 12.0. The van der Waals surface area contributed by atoms with Crippen molar-refractivity contribution in [1.82, 2.24) is 4.57 Å². The molecule has 0 atom stereocenters. The summed E-state index contributed by atoms with van der Waals surface area (Å²) in [5.41, 5.74) is 9.09. The molecule has 2 aromatic heterocycles. The molecule has 2 heterocycles. The number of hydrogen-bond donors (Lipinski definition) is 1. The second-order valence-corrected chi connectivity index (χ2v) is 5.46. The molecule has 0 saturated heterocycles. The smallest absolute Gasteiger partial charge is 0.298 e. The van der Waals surface area contributed by atoms with Crippen LogP contribution in [0.15, 0.2) is 59.1 Å².